The van der Waals surface area contributed by atoms with E-state index in [0.717, 1.165) is 6.42 Å². The minimum atomic E-state index is -1.04. The number of rotatable bonds is 9. The van der Waals surface area contributed by atoms with Crippen molar-refractivity contribution in [3.8, 4) is 0 Å². The highest BCUT2D eigenvalue weighted by Gasteiger charge is 2.38. The zero-order valence-electron chi connectivity index (χ0n) is 12.9. The second-order valence-corrected chi connectivity index (χ2v) is 5.07. The third kappa shape index (κ3) is 5.19. The van der Waals surface area contributed by atoms with Crippen molar-refractivity contribution in [3.05, 3.63) is 0 Å². The second kappa shape index (κ2) is 8.55. The molecule has 0 aliphatic rings. The number of aliphatic carboxylic acids is 1. The van der Waals surface area contributed by atoms with Gasteiger partial charge in [-0.15, -0.1) is 0 Å². The Kier molecular flexibility index (Phi) is 7.87. The molecule has 0 rings (SSSR count). The number of carboxylic acids is 1. The fourth-order valence-electron chi connectivity index (χ4n) is 1.93. The summed E-state index contributed by atoms with van der Waals surface area (Å²) in [5.74, 6) is -1.50. The molecule has 2 N–H and O–H groups in total. The van der Waals surface area contributed by atoms with Crippen LogP contribution in [-0.2, 0) is 14.4 Å². The number of hydrogen-bond donors (Lipinski definition) is 2. The van der Waals surface area contributed by atoms with Gasteiger partial charge in [0.25, 0.3) is 0 Å². The molecule has 0 saturated heterocycles. The Morgan fingerprint density at radius 3 is 2.10 bits per heavy atom. The fraction of sp³-hybridized carbons (Fsp3) is 0.786. The molecule has 0 fully saturated rings. The monoisotopic (exact) mass is 286 g/mol. The lowest BCUT2D eigenvalue weighted by Crippen LogP contribution is -2.42. The summed E-state index contributed by atoms with van der Waals surface area (Å²) in [5.41, 5.74) is -1.04. The summed E-state index contributed by atoms with van der Waals surface area (Å²) >= 11 is 0. The van der Waals surface area contributed by atoms with Gasteiger partial charge in [-0.05, 0) is 19.3 Å². The van der Waals surface area contributed by atoms with Gasteiger partial charge in [-0.2, -0.15) is 0 Å². The van der Waals surface area contributed by atoms with E-state index in [0.29, 0.717) is 19.4 Å². The van der Waals surface area contributed by atoms with Crippen LogP contribution in [0, 0.1) is 5.41 Å². The van der Waals surface area contributed by atoms with E-state index in [9.17, 15) is 19.5 Å². The molecule has 0 saturated carbocycles. The summed E-state index contributed by atoms with van der Waals surface area (Å²) in [6, 6.07) is 0. The first-order valence-corrected chi connectivity index (χ1v) is 7.07. The standard InChI is InChI=1S/C14H26N2O4/c1-5-8-15-11(17)10-16(4)12(18)9-14(6-2,7-3)13(19)20/h5-10H2,1-4H3,(H,15,17)(H,19,20). The number of carbonyl (C=O) groups excluding carboxylic acids is 2. The second-order valence-electron chi connectivity index (χ2n) is 5.07. The van der Waals surface area contributed by atoms with Crippen molar-refractivity contribution in [3.63, 3.8) is 0 Å². The van der Waals surface area contributed by atoms with Crippen LogP contribution < -0.4 is 5.32 Å². The summed E-state index contributed by atoms with van der Waals surface area (Å²) in [6.07, 6.45) is 1.53. The summed E-state index contributed by atoms with van der Waals surface area (Å²) in [4.78, 5) is 36.2. The summed E-state index contributed by atoms with van der Waals surface area (Å²) in [5, 5.41) is 12.0. The highest BCUT2D eigenvalue weighted by molar-refractivity contribution is 5.88. The molecule has 0 aromatic carbocycles. The molecule has 0 aromatic heterocycles. The zero-order chi connectivity index (χ0) is 15.8. The molecule has 0 unspecified atom stereocenters. The van der Waals surface area contributed by atoms with E-state index in [1.165, 1.54) is 11.9 Å². The van der Waals surface area contributed by atoms with E-state index in [1.54, 1.807) is 13.8 Å². The molecule has 0 aromatic rings. The van der Waals surface area contributed by atoms with Gasteiger partial charge < -0.3 is 15.3 Å². The summed E-state index contributed by atoms with van der Waals surface area (Å²) in [6.45, 7) is 6.00. The van der Waals surface area contributed by atoms with Crippen LogP contribution in [0.25, 0.3) is 0 Å². The van der Waals surface area contributed by atoms with Gasteiger partial charge in [0.05, 0.1) is 12.0 Å². The molecule has 0 radical (unpaired) electrons. The Morgan fingerprint density at radius 1 is 1.15 bits per heavy atom. The zero-order valence-corrected chi connectivity index (χ0v) is 12.9. The Morgan fingerprint density at radius 2 is 1.70 bits per heavy atom. The average molecular weight is 286 g/mol. The van der Waals surface area contributed by atoms with E-state index in [-0.39, 0.29) is 24.8 Å². The lowest BCUT2D eigenvalue weighted by molar-refractivity contribution is -0.154. The van der Waals surface area contributed by atoms with Gasteiger partial charge in [-0.3, -0.25) is 14.4 Å². The molecule has 0 heterocycles. The molecule has 6 nitrogen and oxygen atoms in total. The molecule has 0 aliphatic heterocycles. The largest absolute Gasteiger partial charge is 0.481 e. The van der Waals surface area contributed by atoms with E-state index in [1.807, 2.05) is 6.92 Å². The molecule has 0 bridgehead atoms. The van der Waals surface area contributed by atoms with Gasteiger partial charge in [0.1, 0.15) is 0 Å². The molecular weight excluding hydrogens is 260 g/mol. The van der Waals surface area contributed by atoms with Crippen LogP contribution >= 0.6 is 0 Å². The van der Waals surface area contributed by atoms with E-state index >= 15 is 0 Å². The van der Waals surface area contributed by atoms with Gasteiger partial charge in [0, 0.05) is 20.0 Å². The number of carboxylic acid groups (broad SMARTS) is 1. The highest BCUT2D eigenvalue weighted by atomic mass is 16.4. The van der Waals surface area contributed by atoms with Crippen LogP contribution in [0.5, 0.6) is 0 Å². The number of carbonyl (C=O) groups is 3. The molecular formula is C14H26N2O4. The van der Waals surface area contributed by atoms with Crippen LogP contribution in [0.4, 0.5) is 0 Å². The third-order valence-electron chi connectivity index (χ3n) is 3.68. The first-order chi connectivity index (χ1) is 9.32. The van der Waals surface area contributed by atoms with Gasteiger partial charge >= 0.3 is 5.97 Å². The number of nitrogens with zero attached hydrogens (tertiary/aromatic N) is 1. The first kappa shape index (κ1) is 18.4. The first-order valence-electron chi connectivity index (χ1n) is 7.07. The lowest BCUT2D eigenvalue weighted by Gasteiger charge is -2.28. The topological polar surface area (TPSA) is 86.7 Å². The average Bonchev–Trinajstić information content (AvgIpc) is 2.41. The van der Waals surface area contributed by atoms with Crippen LogP contribution in [0.2, 0.25) is 0 Å². The van der Waals surface area contributed by atoms with Gasteiger partial charge in [0.2, 0.25) is 11.8 Å². The van der Waals surface area contributed by atoms with Gasteiger partial charge in [-0.1, -0.05) is 20.8 Å². The maximum Gasteiger partial charge on any atom is 0.310 e. The maximum atomic E-state index is 12.1. The van der Waals surface area contributed by atoms with Gasteiger partial charge in [-0.25, -0.2) is 0 Å². The quantitative estimate of drug-likeness (QED) is 0.668. The maximum absolute atomic E-state index is 12.1. The molecule has 116 valence electrons. The van der Waals surface area contributed by atoms with Crippen molar-refractivity contribution in [1.29, 1.82) is 0 Å². The normalized spacial score (nSPS) is 11.0. The molecule has 6 heteroatoms. The summed E-state index contributed by atoms with van der Waals surface area (Å²) in [7, 11) is 1.52. The van der Waals surface area contributed by atoms with Crippen molar-refractivity contribution in [2.24, 2.45) is 5.41 Å². The van der Waals surface area contributed by atoms with E-state index in [4.69, 9.17) is 0 Å². The number of amides is 2. The Balaban J connectivity index is 4.58. The number of nitrogens with one attached hydrogen (secondary N) is 1. The molecule has 0 spiro atoms. The van der Waals surface area contributed by atoms with Crippen molar-refractivity contribution >= 4 is 17.8 Å². The SMILES string of the molecule is CCCNC(=O)CN(C)C(=O)CC(CC)(CC)C(=O)O. The Labute approximate surface area is 120 Å². The number of hydrogen-bond acceptors (Lipinski definition) is 3. The van der Waals surface area contributed by atoms with Crippen LogP contribution in [0.1, 0.15) is 46.5 Å². The van der Waals surface area contributed by atoms with Crippen LogP contribution in [0.15, 0.2) is 0 Å². The smallest absolute Gasteiger partial charge is 0.310 e. The van der Waals surface area contributed by atoms with Crippen molar-refractivity contribution in [1.82, 2.24) is 10.2 Å². The Bertz CT molecular complexity index is 351. The molecule has 20 heavy (non-hydrogen) atoms. The lowest BCUT2D eigenvalue weighted by atomic mass is 9.79. The van der Waals surface area contributed by atoms with Crippen molar-refractivity contribution in [2.75, 3.05) is 20.1 Å². The van der Waals surface area contributed by atoms with E-state index in [2.05, 4.69) is 5.32 Å². The van der Waals surface area contributed by atoms with Crippen molar-refractivity contribution < 1.29 is 19.5 Å². The van der Waals surface area contributed by atoms with Gasteiger partial charge in [0.15, 0.2) is 0 Å². The summed E-state index contributed by atoms with van der Waals surface area (Å²) < 4.78 is 0. The van der Waals surface area contributed by atoms with Crippen LogP contribution in [0.3, 0.4) is 0 Å². The molecule has 0 aliphatic carbocycles. The predicted octanol–water partition coefficient (Wildman–Crippen LogP) is 1.25. The van der Waals surface area contributed by atoms with Crippen molar-refractivity contribution in [2.45, 2.75) is 46.5 Å². The highest BCUT2D eigenvalue weighted by Crippen LogP contribution is 2.31. The number of likely N-dealkylation sites (N-methyl/N-ethyl adjacent to an activating group) is 1. The molecule has 0 atom stereocenters. The third-order valence-corrected chi connectivity index (χ3v) is 3.68. The predicted molar refractivity (Wildman–Crippen MR) is 76.2 cm³/mol. The minimum Gasteiger partial charge on any atom is -0.481 e. The van der Waals surface area contributed by atoms with E-state index < -0.39 is 11.4 Å². The fourth-order valence-corrected chi connectivity index (χ4v) is 1.93. The van der Waals surface area contributed by atoms with Crippen LogP contribution in [-0.4, -0.2) is 47.9 Å². The molecule has 2 amide bonds. The Hall–Kier alpha value is -1.59. The minimum absolute atomic E-state index is 0.0397.